The Balaban J connectivity index is 0. The molecule has 0 atom stereocenters. The summed E-state index contributed by atoms with van der Waals surface area (Å²) < 4.78 is 0. The van der Waals surface area contributed by atoms with E-state index in [1.807, 2.05) is 0 Å². The van der Waals surface area contributed by atoms with Gasteiger partial charge in [-0.1, -0.05) is 0 Å². The summed E-state index contributed by atoms with van der Waals surface area (Å²) in [6, 6.07) is 0. The molecular weight excluding hydrogens is 326 g/mol. The van der Waals surface area contributed by atoms with E-state index in [0.717, 1.165) is 15.0 Å². The third kappa shape index (κ3) is 19.4. The molecule has 0 aliphatic carbocycles. The molecule has 0 fully saturated rings. The van der Waals surface area contributed by atoms with Crippen LogP contribution in [0.2, 0.25) is 10.6 Å². The molecular formula is C16H34MnSe. The van der Waals surface area contributed by atoms with Gasteiger partial charge in [-0.3, -0.25) is 0 Å². The number of unbranched alkanes of at least 4 members (excludes halogenated alkanes) is 10. The van der Waals surface area contributed by atoms with Gasteiger partial charge in [0.1, 0.15) is 0 Å². The summed E-state index contributed by atoms with van der Waals surface area (Å²) in [6.45, 7) is 4.59. The molecule has 0 saturated heterocycles. The van der Waals surface area contributed by atoms with Gasteiger partial charge in [-0.15, -0.1) is 0 Å². The first-order valence-electron chi connectivity index (χ1n) is 7.99. The van der Waals surface area contributed by atoms with Gasteiger partial charge in [0.2, 0.25) is 0 Å². The normalized spacial score (nSPS) is 10.3. The molecule has 0 nitrogen and oxygen atoms in total. The topological polar surface area (TPSA) is 0 Å². The van der Waals surface area contributed by atoms with Crippen LogP contribution in [0, 0.1) is 0 Å². The fourth-order valence-electron chi connectivity index (χ4n) is 2.07. The van der Waals surface area contributed by atoms with Crippen molar-refractivity contribution >= 4 is 15.0 Å². The van der Waals surface area contributed by atoms with Crippen LogP contribution in [0.3, 0.4) is 0 Å². The van der Waals surface area contributed by atoms with Crippen LogP contribution in [0.15, 0.2) is 0 Å². The van der Waals surface area contributed by atoms with Crippen molar-refractivity contribution in [1.82, 2.24) is 0 Å². The molecule has 0 unspecified atom stereocenters. The molecule has 0 aliphatic rings. The molecule has 0 aromatic heterocycles. The zero-order valence-corrected chi connectivity index (χ0v) is 15.6. The predicted octanol–water partition coefficient (Wildman–Crippen LogP) is 6.25. The Hall–Kier alpha value is 1.04. The predicted molar refractivity (Wildman–Crippen MR) is 82.1 cm³/mol. The summed E-state index contributed by atoms with van der Waals surface area (Å²) in [5, 5.41) is 3.10. The van der Waals surface area contributed by atoms with E-state index in [-0.39, 0.29) is 17.1 Å². The fraction of sp³-hybridized carbons (Fsp3) is 1.00. The second-order valence-corrected chi connectivity index (χ2v) is 7.72. The molecule has 0 saturated carbocycles. The van der Waals surface area contributed by atoms with E-state index >= 15 is 0 Å². The van der Waals surface area contributed by atoms with Gasteiger partial charge in [-0.25, -0.2) is 0 Å². The average molecular weight is 360 g/mol. The van der Waals surface area contributed by atoms with E-state index in [1.54, 1.807) is 10.6 Å². The van der Waals surface area contributed by atoms with E-state index < -0.39 is 0 Å². The molecule has 2 heteroatoms. The van der Waals surface area contributed by atoms with Crippen molar-refractivity contribution in [3.8, 4) is 0 Å². The van der Waals surface area contributed by atoms with E-state index in [1.165, 1.54) is 77.0 Å². The Bertz CT molecular complexity index is 114. The monoisotopic (exact) mass is 361 g/mol. The van der Waals surface area contributed by atoms with E-state index in [4.69, 9.17) is 0 Å². The van der Waals surface area contributed by atoms with E-state index in [9.17, 15) is 0 Å². The number of hydrogen-bond acceptors (Lipinski definition) is 0. The first-order valence-corrected chi connectivity index (χ1v) is 10.4. The minimum absolute atomic E-state index is 0. The number of hydrogen-bond donors (Lipinski definition) is 0. The van der Waals surface area contributed by atoms with E-state index in [2.05, 4.69) is 13.8 Å². The standard InChI is InChI=1S/C16H34Se.Mn/c1-3-5-7-9-11-13-15-17-16-14-12-10-8-6-4-2;/h3-16H2,1-2H3;. The maximum absolute atomic E-state index is 2.30. The molecule has 0 N–H and O–H groups in total. The molecule has 0 aliphatic heterocycles. The molecule has 0 aromatic rings. The van der Waals surface area contributed by atoms with Gasteiger partial charge in [0, 0.05) is 17.1 Å². The molecule has 0 heterocycles. The van der Waals surface area contributed by atoms with Crippen LogP contribution >= 0.6 is 0 Å². The largest absolute Gasteiger partial charge is 0 e. The molecule has 0 spiro atoms. The van der Waals surface area contributed by atoms with Crippen LogP contribution in [-0.4, -0.2) is 15.0 Å². The molecule has 18 heavy (non-hydrogen) atoms. The quantitative estimate of drug-likeness (QED) is 0.254. The van der Waals surface area contributed by atoms with Crippen molar-refractivity contribution in [3.63, 3.8) is 0 Å². The van der Waals surface area contributed by atoms with Crippen molar-refractivity contribution in [3.05, 3.63) is 0 Å². The van der Waals surface area contributed by atoms with Gasteiger partial charge in [0.15, 0.2) is 0 Å². The van der Waals surface area contributed by atoms with Crippen LogP contribution in [0.25, 0.3) is 0 Å². The Morgan fingerprint density at radius 3 is 1.22 bits per heavy atom. The zero-order valence-electron chi connectivity index (χ0n) is 12.7. The molecule has 0 bridgehead atoms. The van der Waals surface area contributed by atoms with Crippen LogP contribution in [0.4, 0.5) is 0 Å². The summed E-state index contributed by atoms with van der Waals surface area (Å²) in [5.41, 5.74) is 0. The Morgan fingerprint density at radius 1 is 0.500 bits per heavy atom. The summed E-state index contributed by atoms with van der Waals surface area (Å²) in [5.74, 6) is 0. The average Bonchev–Trinajstić information content (AvgIpc) is 2.35. The third-order valence-corrected chi connectivity index (χ3v) is 5.71. The smallest absolute Gasteiger partial charge is 0 e. The maximum Gasteiger partial charge on any atom is 0 e. The minimum Gasteiger partial charge on any atom is 0 e. The molecule has 111 valence electrons. The Kier molecular flexibility index (Phi) is 24.1. The van der Waals surface area contributed by atoms with Crippen molar-refractivity contribution in [1.29, 1.82) is 0 Å². The van der Waals surface area contributed by atoms with E-state index in [0.29, 0.717) is 0 Å². The van der Waals surface area contributed by atoms with Crippen LogP contribution in [0.5, 0.6) is 0 Å². The van der Waals surface area contributed by atoms with Crippen molar-refractivity contribution in [2.45, 2.75) is 102 Å². The molecule has 0 rings (SSSR count). The van der Waals surface area contributed by atoms with Gasteiger partial charge < -0.3 is 0 Å². The molecule has 1 radical (unpaired) electrons. The summed E-state index contributed by atoms with van der Waals surface area (Å²) in [4.78, 5) is 0. The van der Waals surface area contributed by atoms with Gasteiger partial charge in [-0.05, 0) is 0 Å². The fourth-order valence-corrected chi connectivity index (χ4v) is 4.21. The van der Waals surface area contributed by atoms with Crippen molar-refractivity contribution < 1.29 is 17.1 Å². The van der Waals surface area contributed by atoms with Crippen LogP contribution < -0.4 is 0 Å². The second-order valence-electron chi connectivity index (χ2n) is 5.15. The van der Waals surface area contributed by atoms with Gasteiger partial charge in [0.05, 0.1) is 0 Å². The number of rotatable bonds is 14. The first kappa shape index (κ1) is 21.3. The second kappa shape index (κ2) is 20.4. The Morgan fingerprint density at radius 2 is 0.833 bits per heavy atom. The first-order chi connectivity index (χ1) is 8.41. The summed E-state index contributed by atoms with van der Waals surface area (Å²) in [6.07, 6.45) is 17.6. The molecule has 0 amide bonds. The van der Waals surface area contributed by atoms with Crippen molar-refractivity contribution in [2.24, 2.45) is 0 Å². The zero-order chi connectivity index (χ0) is 12.6. The van der Waals surface area contributed by atoms with Crippen LogP contribution in [0.1, 0.15) is 90.9 Å². The van der Waals surface area contributed by atoms with Gasteiger partial charge >= 0.3 is 116 Å². The third-order valence-electron chi connectivity index (χ3n) is 3.28. The van der Waals surface area contributed by atoms with Gasteiger partial charge in [0.25, 0.3) is 0 Å². The summed E-state index contributed by atoms with van der Waals surface area (Å²) >= 11 is 0.968. The SMILES string of the molecule is CCCCCCCC[Se]CCCCCCCC.[Mn]. The molecule has 0 aromatic carbocycles. The van der Waals surface area contributed by atoms with Crippen LogP contribution in [-0.2, 0) is 17.1 Å². The van der Waals surface area contributed by atoms with Crippen molar-refractivity contribution in [2.75, 3.05) is 0 Å². The Labute approximate surface area is 133 Å². The summed E-state index contributed by atoms with van der Waals surface area (Å²) in [7, 11) is 0. The minimum atomic E-state index is 0. The van der Waals surface area contributed by atoms with Gasteiger partial charge in [-0.2, -0.15) is 0 Å². The maximum atomic E-state index is 2.30.